The Morgan fingerprint density at radius 1 is 1.31 bits per heavy atom. The normalized spacial score (nSPS) is 21.0. The first-order chi connectivity index (χ1) is 12.6. The van der Waals surface area contributed by atoms with Crippen LogP contribution in [-0.4, -0.2) is 66.0 Å². The molecule has 1 aromatic carbocycles. The van der Waals surface area contributed by atoms with E-state index in [-0.39, 0.29) is 17.7 Å². The van der Waals surface area contributed by atoms with Crippen molar-refractivity contribution in [1.82, 2.24) is 14.8 Å². The van der Waals surface area contributed by atoms with Crippen LogP contribution < -0.4 is 0 Å². The van der Waals surface area contributed by atoms with E-state index in [1.54, 1.807) is 0 Å². The number of hydrogen-bond donors (Lipinski definition) is 1. The molecule has 26 heavy (non-hydrogen) atoms. The molecule has 2 saturated heterocycles. The Labute approximate surface area is 157 Å². The predicted octanol–water partition coefficient (Wildman–Crippen LogP) is 2.07. The first-order valence-electron chi connectivity index (χ1n) is 9.01. The number of likely N-dealkylation sites (tertiary alicyclic amines) is 1. The molecule has 138 valence electrons. The molecule has 0 aliphatic carbocycles. The smallest absolute Gasteiger partial charge is 0.228 e. The molecule has 2 fully saturated rings. The lowest BCUT2D eigenvalue weighted by Gasteiger charge is -2.29. The minimum absolute atomic E-state index is 0.0643. The van der Waals surface area contributed by atoms with Gasteiger partial charge in [-0.2, -0.15) is 0 Å². The highest BCUT2D eigenvalue weighted by atomic mass is 35.5. The number of H-pyrrole nitrogens is 1. The van der Waals surface area contributed by atoms with Crippen molar-refractivity contribution < 1.29 is 14.3 Å². The van der Waals surface area contributed by atoms with Gasteiger partial charge in [-0.3, -0.25) is 9.59 Å². The van der Waals surface area contributed by atoms with Gasteiger partial charge in [-0.1, -0.05) is 11.6 Å². The van der Waals surface area contributed by atoms with Crippen molar-refractivity contribution in [3.8, 4) is 0 Å². The van der Waals surface area contributed by atoms with Crippen LogP contribution in [0.15, 0.2) is 24.4 Å². The fourth-order valence-electron chi connectivity index (χ4n) is 3.81. The summed E-state index contributed by atoms with van der Waals surface area (Å²) in [4.78, 5) is 31.8. The van der Waals surface area contributed by atoms with Gasteiger partial charge >= 0.3 is 0 Å². The average Bonchev–Trinajstić information content (AvgIpc) is 3.23. The zero-order valence-corrected chi connectivity index (χ0v) is 15.3. The summed E-state index contributed by atoms with van der Waals surface area (Å²) in [5.74, 6) is -0.0736. The standard InChI is InChI=1S/C19H22ClN3O3/c20-15-1-2-17-16(10-15)13(11-21-17)3-4-23-12-14(9-18(23)24)19(25)22-5-7-26-8-6-22/h1-2,10-11,14,21H,3-9,12H2/t14-/m0/s1. The Kier molecular flexibility index (Phi) is 4.87. The average molecular weight is 376 g/mol. The summed E-state index contributed by atoms with van der Waals surface area (Å²) in [7, 11) is 0. The van der Waals surface area contributed by atoms with Crippen molar-refractivity contribution in [3.63, 3.8) is 0 Å². The summed E-state index contributed by atoms with van der Waals surface area (Å²) in [6.45, 7) is 3.54. The van der Waals surface area contributed by atoms with Crippen molar-refractivity contribution in [3.05, 3.63) is 35.0 Å². The molecule has 0 spiro atoms. The summed E-state index contributed by atoms with van der Waals surface area (Å²) < 4.78 is 5.29. The van der Waals surface area contributed by atoms with Gasteiger partial charge in [-0.25, -0.2) is 0 Å². The Hall–Kier alpha value is -2.05. The Morgan fingerprint density at radius 2 is 2.12 bits per heavy atom. The maximum absolute atomic E-state index is 12.6. The zero-order valence-electron chi connectivity index (χ0n) is 14.5. The molecule has 0 bridgehead atoms. The number of carbonyl (C=O) groups is 2. The lowest BCUT2D eigenvalue weighted by molar-refractivity contribution is -0.139. The fraction of sp³-hybridized carbons (Fsp3) is 0.474. The minimum atomic E-state index is -0.224. The molecule has 2 aliphatic rings. The molecule has 0 unspecified atom stereocenters. The molecule has 0 saturated carbocycles. The monoisotopic (exact) mass is 375 g/mol. The second kappa shape index (κ2) is 7.29. The van der Waals surface area contributed by atoms with Crippen LogP contribution in [0.25, 0.3) is 10.9 Å². The molecule has 2 aliphatic heterocycles. The second-order valence-electron chi connectivity index (χ2n) is 6.93. The lowest BCUT2D eigenvalue weighted by Crippen LogP contribution is -2.44. The van der Waals surface area contributed by atoms with E-state index in [1.165, 1.54) is 0 Å². The summed E-state index contributed by atoms with van der Waals surface area (Å²) in [6.07, 6.45) is 3.03. The number of carbonyl (C=O) groups excluding carboxylic acids is 2. The number of rotatable bonds is 4. The van der Waals surface area contributed by atoms with E-state index in [9.17, 15) is 9.59 Å². The van der Waals surface area contributed by atoms with E-state index in [1.807, 2.05) is 34.2 Å². The van der Waals surface area contributed by atoms with Gasteiger partial charge in [0, 0.05) is 54.7 Å². The first kappa shape index (κ1) is 17.4. The molecular formula is C19H22ClN3O3. The molecule has 1 aromatic heterocycles. The highest BCUT2D eigenvalue weighted by molar-refractivity contribution is 6.31. The van der Waals surface area contributed by atoms with E-state index in [2.05, 4.69) is 4.98 Å². The topological polar surface area (TPSA) is 65.6 Å². The molecule has 1 atom stereocenters. The van der Waals surface area contributed by atoms with Crippen LogP contribution >= 0.6 is 11.6 Å². The molecule has 3 heterocycles. The highest BCUT2D eigenvalue weighted by Crippen LogP contribution is 2.25. The van der Waals surface area contributed by atoms with Crippen molar-refractivity contribution in [2.75, 3.05) is 39.4 Å². The second-order valence-corrected chi connectivity index (χ2v) is 7.37. The summed E-state index contributed by atoms with van der Waals surface area (Å²) in [5, 5.41) is 1.79. The molecule has 4 rings (SSSR count). The third kappa shape index (κ3) is 3.44. The largest absolute Gasteiger partial charge is 0.378 e. The van der Waals surface area contributed by atoms with Gasteiger partial charge in [0.1, 0.15) is 0 Å². The maximum Gasteiger partial charge on any atom is 0.228 e. The van der Waals surface area contributed by atoms with Gasteiger partial charge in [0.15, 0.2) is 0 Å². The fourth-order valence-corrected chi connectivity index (χ4v) is 3.98. The van der Waals surface area contributed by atoms with Crippen LogP contribution in [0.1, 0.15) is 12.0 Å². The van der Waals surface area contributed by atoms with Crippen molar-refractivity contribution >= 4 is 34.3 Å². The third-order valence-electron chi connectivity index (χ3n) is 5.27. The van der Waals surface area contributed by atoms with Crippen LogP contribution in [0.4, 0.5) is 0 Å². The molecular weight excluding hydrogens is 354 g/mol. The van der Waals surface area contributed by atoms with Gasteiger partial charge in [0.2, 0.25) is 11.8 Å². The molecule has 0 radical (unpaired) electrons. The Bertz CT molecular complexity index is 829. The summed E-state index contributed by atoms with van der Waals surface area (Å²) in [6, 6.07) is 5.76. The van der Waals surface area contributed by atoms with Gasteiger partial charge in [-0.05, 0) is 30.2 Å². The minimum Gasteiger partial charge on any atom is -0.378 e. The van der Waals surface area contributed by atoms with Crippen LogP contribution in [0.3, 0.4) is 0 Å². The van der Waals surface area contributed by atoms with E-state index in [0.717, 1.165) is 22.9 Å². The Morgan fingerprint density at radius 3 is 2.92 bits per heavy atom. The molecule has 6 nitrogen and oxygen atoms in total. The van der Waals surface area contributed by atoms with Crippen LogP contribution in [0.2, 0.25) is 5.02 Å². The lowest BCUT2D eigenvalue weighted by atomic mass is 10.1. The number of hydrogen-bond acceptors (Lipinski definition) is 3. The molecule has 2 amide bonds. The summed E-state index contributed by atoms with van der Waals surface area (Å²) >= 11 is 6.10. The SMILES string of the molecule is O=C1C[C@H](C(=O)N2CCOCC2)CN1CCc1c[nH]c2ccc(Cl)cc12. The molecule has 7 heteroatoms. The highest BCUT2D eigenvalue weighted by Gasteiger charge is 2.36. The number of nitrogens with zero attached hydrogens (tertiary/aromatic N) is 2. The predicted molar refractivity (Wildman–Crippen MR) is 99.1 cm³/mol. The maximum atomic E-state index is 12.6. The van der Waals surface area contributed by atoms with Crippen molar-refractivity contribution in [1.29, 1.82) is 0 Å². The number of amides is 2. The first-order valence-corrected chi connectivity index (χ1v) is 9.39. The van der Waals surface area contributed by atoms with E-state index in [0.29, 0.717) is 50.8 Å². The number of aromatic amines is 1. The van der Waals surface area contributed by atoms with Crippen LogP contribution in [0.5, 0.6) is 0 Å². The van der Waals surface area contributed by atoms with Gasteiger partial charge < -0.3 is 19.5 Å². The number of morpholine rings is 1. The molecule has 2 aromatic rings. The number of aromatic nitrogens is 1. The quantitative estimate of drug-likeness (QED) is 0.889. The molecule has 1 N–H and O–H groups in total. The van der Waals surface area contributed by atoms with Crippen molar-refractivity contribution in [2.24, 2.45) is 5.92 Å². The number of benzene rings is 1. The zero-order chi connectivity index (χ0) is 18.1. The van der Waals surface area contributed by atoms with Gasteiger partial charge in [-0.15, -0.1) is 0 Å². The van der Waals surface area contributed by atoms with Gasteiger partial charge in [0.05, 0.1) is 19.1 Å². The number of fused-ring (bicyclic) bond motifs is 1. The van der Waals surface area contributed by atoms with Crippen LogP contribution in [-0.2, 0) is 20.7 Å². The van der Waals surface area contributed by atoms with E-state index < -0.39 is 0 Å². The number of nitrogens with one attached hydrogen (secondary N) is 1. The number of halogens is 1. The van der Waals surface area contributed by atoms with E-state index >= 15 is 0 Å². The summed E-state index contributed by atoms with van der Waals surface area (Å²) in [5.41, 5.74) is 2.18. The van der Waals surface area contributed by atoms with Crippen molar-refractivity contribution in [2.45, 2.75) is 12.8 Å². The number of ether oxygens (including phenoxy) is 1. The van der Waals surface area contributed by atoms with Gasteiger partial charge in [0.25, 0.3) is 0 Å². The van der Waals surface area contributed by atoms with Crippen LogP contribution in [0, 0.1) is 5.92 Å². The third-order valence-corrected chi connectivity index (χ3v) is 5.50. The Balaban J connectivity index is 1.38. The van der Waals surface area contributed by atoms with E-state index in [4.69, 9.17) is 16.3 Å².